The lowest BCUT2D eigenvalue weighted by atomic mass is 10.00. The number of aromatic hydroxyl groups is 1. The third-order valence-electron chi connectivity index (χ3n) is 4.52. The minimum Gasteiger partial charge on any atom is -0.507 e. The minimum atomic E-state index is -0.292. The van der Waals surface area contributed by atoms with E-state index in [2.05, 4.69) is 10.2 Å². The average molecular weight is 334 g/mol. The first kappa shape index (κ1) is 15.3. The number of pyridine rings is 1. The van der Waals surface area contributed by atoms with Crippen LogP contribution in [-0.2, 0) is 0 Å². The highest BCUT2D eigenvalue weighted by molar-refractivity contribution is 5.92. The first-order valence-corrected chi connectivity index (χ1v) is 7.97. The molecular weight excluding hydrogens is 316 g/mol. The van der Waals surface area contributed by atoms with E-state index in [0.29, 0.717) is 11.2 Å². The summed E-state index contributed by atoms with van der Waals surface area (Å²) >= 11 is 0. The van der Waals surface area contributed by atoms with Crippen molar-refractivity contribution in [3.8, 4) is 16.9 Å². The quantitative estimate of drug-likeness (QED) is 0.591. The number of aromatic nitrogens is 3. The van der Waals surface area contributed by atoms with Gasteiger partial charge in [0.25, 0.3) is 0 Å². The van der Waals surface area contributed by atoms with Gasteiger partial charge in [0.05, 0.1) is 5.52 Å². The number of rotatable bonds is 2. The summed E-state index contributed by atoms with van der Waals surface area (Å²) in [5, 5.41) is 17.9. The predicted octanol–water partition coefficient (Wildman–Crippen LogP) is 2.92. The van der Waals surface area contributed by atoms with Crippen LogP contribution in [0.2, 0.25) is 0 Å². The van der Waals surface area contributed by atoms with Gasteiger partial charge in [0.15, 0.2) is 5.65 Å². The normalized spacial score (nSPS) is 11.3. The van der Waals surface area contributed by atoms with Crippen LogP contribution in [0.4, 0.5) is 5.69 Å². The molecule has 0 amide bonds. The van der Waals surface area contributed by atoms with Crippen molar-refractivity contribution in [3.05, 3.63) is 58.5 Å². The maximum Gasteiger partial charge on any atom is 0.348 e. The molecular formula is C19H18N4O2. The Morgan fingerprint density at radius 1 is 1.12 bits per heavy atom. The Morgan fingerprint density at radius 3 is 2.52 bits per heavy atom. The second-order valence-electron chi connectivity index (χ2n) is 6.38. The van der Waals surface area contributed by atoms with Crippen LogP contribution < -0.4 is 10.6 Å². The van der Waals surface area contributed by atoms with Crippen molar-refractivity contribution >= 4 is 22.2 Å². The SMILES string of the molecule is Cc1cc2n[nH]c(=O)n2c2cc(-c3ccc(N(C)C)cc3)c(O)cc12. The van der Waals surface area contributed by atoms with Crippen LogP contribution in [0.3, 0.4) is 0 Å². The maximum atomic E-state index is 12.1. The predicted molar refractivity (Wildman–Crippen MR) is 99.5 cm³/mol. The summed E-state index contributed by atoms with van der Waals surface area (Å²) in [6, 6.07) is 13.3. The van der Waals surface area contributed by atoms with Gasteiger partial charge in [-0.1, -0.05) is 12.1 Å². The van der Waals surface area contributed by atoms with Crippen molar-refractivity contribution in [1.29, 1.82) is 0 Å². The van der Waals surface area contributed by atoms with Crippen molar-refractivity contribution < 1.29 is 5.11 Å². The molecule has 0 radical (unpaired) electrons. The number of phenolic OH excluding ortho intramolecular Hbond substituents is 1. The summed E-state index contributed by atoms with van der Waals surface area (Å²) in [4.78, 5) is 14.1. The van der Waals surface area contributed by atoms with Crippen molar-refractivity contribution in [3.63, 3.8) is 0 Å². The summed E-state index contributed by atoms with van der Waals surface area (Å²) < 4.78 is 1.53. The molecule has 0 atom stereocenters. The third-order valence-corrected chi connectivity index (χ3v) is 4.52. The molecule has 0 saturated heterocycles. The molecule has 2 aromatic heterocycles. The summed E-state index contributed by atoms with van der Waals surface area (Å²) in [7, 11) is 3.96. The van der Waals surface area contributed by atoms with Crippen LogP contribution in [0, 0.1) is 6.92 Å². The number of aryl methyl sites for hydroxylation is 1. The van der Waals surface area contributed by atoms with Crippen LogP contribution in [0.25, 0.3) is 27.7 Å². The lowest BCUT2D eigenvalue weighted by Gasteiger charge is -2.14. The third kappa shape index (κ3) is 2.34. The highest BCUT2D eigenvalue weighted by Gasteiger charge is 2.13. The van der Waals surface area contributed by atoms with E-state index in [0.717, 1.165) is 27.7 Å². The lowest BCUT2D eigenvalue weighted by Crippen LogP contribution is -2.10. The molecule has 126 valence electrons. The fourth-order valence-corrected chi connectivity index (χ4v) is 3.16. The Kier molecular flexibility index (Phi) is 3.28. The molecule has 0 spiro atoms. The van der Waals surface area contributed by atoms with Crippen molar-refractivity contribution in [2.75, 3.05) is 19.0 Å². The first-order chi connectivity index (χ1) is 12.0. The monoisotopic (exact) mass is 334 g/mol. The van der Waals surface area contributed by atoms with Crippen LogP contribution in [-0.4, -0.2) is 33.8 Å². The molecule has 2 N–H and O–H groups in total. The van der Waals surface area contributed by atoms with Crippen molar-refractivity contribution in [1.82, 2.24) is 14.6 Å². The Balaban J connectivity index is 2.01. The van der Waals surface area contributed by atoms with Crippen LogP contribution in [0.1, 0.15) is 5.56 Å². The number of aromatic amines is 1. The molecule has 0 aliphatic carbocycles. The molecule has 6 nitrogen and oxygen atoms in total. The van der Waals surface area contributed by atoms with Gasteiger partial charge in [0.1, 0.15) is 5.75 Å². The number of fused-ring (bicyclic) bond motifs is 3. The molecule has 25 heavy (non-hydrogen) atoms. The Labute approximate surface area is 144 Å². The van der Waals surface area contributed by atoms with E-state index < -0.39 is 0 Å². The minimum absolute atomic E-state index is 0.184. The number of H-pyrrole nitrogens is 1. The number of anilines is 1. The average Bonchev–Trinajstić information content (AvgIpc) is 2.96. The molecule has 2 aromatic carbocycles. The van der Waals surface area contributed by atoms with E-state index in [9.17, 15) is 9.90 Å². The van der Waals surface area contributed by atoms with Gasteiger partial charge in [-0.3, -0.25) is 0 Å². The molecule has 0 bridgehead atoms. The molecule has 4 rings (SSSR count). The summed E-state index contributed by atoms with van der Waals surface area (Å²) in [6.45, 7) is 1.94. The van der Waals surface area contributed by atoms with E-state index in [1.54, 1.807) is 6.07 Å². The standard InChI is InChI=1S/C19H18N4O2/c1-11-8-18-20-21-19(25)23(18)16-9-15(17(24)10-14(11)16)12-4-6-13(7-5-12)22(2)3/h4-10,24H,1-3H3,(H,21,25). The number of benzene rings is 2. The van der Waals surface area contributed by atoms with E-state index in [4.69, 9.17) is 0 Å². The summed E-state index contributed by atoms with van der Waals surface area (Å²) in [5.41, 5.74) is 4.58. The summed E-state index contributed by atoms with van der Waals surface area (Å²) in [5.74, 6) is 0.184. The van der Waals surface area contributed by atoms with E-state index in [1.165, 1.54) is 4.40 Å². The largest absolute Gasteiger partial charge is 0.507 e. The molecule has 0 saturated carbocycles. The van der Waals surface area contributed by atoms with Gasteiger partial charge < -0.3 is 10.0 Å². The highest BCUT2D eigenvalue weighted by Crippen LogP contribution is 2.35. The van der Waals surface area contributed by atoms with Gasteiger partial charge in [-0.2, -0.15) is 5.10 Å². The Bertz CT molecular complexity index is 1150. The van der Waals surface area contributed by atoms with E-state index in [1.807, 2.05) is 62.3 Å². The highest BCUT2D eigenvalue weighted by atomic mass is 16.3. The second kappa shape index (κ2) is 5.37. The first-order valence-electron chi connectivity index (χ1n) is 7.97. The van der Waals surface area contributed by atoms with Gasteiger partial charge in [-0.05, 0) is 48.4 Å². The van der Waals surface area contributed by atoms with E-state index >= 15 is 0 Å². The number of nitrogens with one attached hydrogen (secondary N) is 1. The zero-order valence-electron chi connectivity index (χ0n) is 14.2. The number of hydrogen-bond donors (Lipinski definition) is 2. The number of phenols is 1. The molecule has 0 aliphatic heterocycles. The van der Waals surface area contributed by atoms with Gasteiger partial charge in [-0.15, -0.1) is 0 Å². The lowest BCUT2D eigenvalue weighted by molar-refractivity contribution is 0.478. The van der Waals surface area contributed by atoms with Crippen molar-refractivity contribution in [2.45, 2.75) is 6.92 Å². The fraction of sp³-hybridized carbons (Fsp3) is 0.158. The van der Waals surface area contributed by atoms with E-state index in [-0.39, 0.29) is 11.4 Å². The molecule has 0 fully saturated rings. The molecule has 0 unspecified atom stereocenters. The maximum absolute atomic E-state index is 12.1. The smallest absolute Gasteiger partial charge is 0.348 e. The van der Waals surface area contributed by atoms with Gasteiger partial charge in [0, 0.05) is 30.7 Å². The molecule has 4 aromatic rings. The fourth-order valence-electron chi connectivity index (χ4n) is 3.16. The molecule has 6 heteroatoms. The van der Waals surface area contributed by atoms with Gasteiger partial charge in [0.2, 0.25) is 0 Å². The van der Waals surface area contributed by atoms with Gasteiger partial charge >= 0.3 is 5.69 Å². The topological polar surface area (TPSA) is 73.6 Å². The van der Waals surface area contributed by atoms with Crippen LogP contribution in [0.15, 0.2) is 47.3 Å². The number of hydrogen-bond acceptors (Lipinski definition) is 4. The Morgan fingerprint density at radius 2 is 1.84 bits per heavy atom. The zero-order valence-corrected chi connectivity index (χ0v) is 14.2. The van der Waals surface area contributed by atoms with Crippen molar-refractivity contribution in [2.24, 2.45) is 0 Å². The molecule has 2 heterocycles. The molecule has 0 aliphatic rings. The van der Waals surface area contributed by atoms with Gasteiger partial charge in [-0.25, -0.2) is 14.3 Å². The van der Waals surface area contributed by atoms with Crippen LogP contribution >= 0.6 is 0 Å². The van der Waals surface area contributed by atoms with Crippen LogP contribution in [0.5, 0.6) is 5.75 Å². The number of nitrogens with zero attached hydrogens (tertiary/aromatic N) is 3. The zero-order chi connectivity index (χ0) is 17.7. The second-order valence-corrected chi connectivity index (χ2v) is 6.38. The Hall–Kier alpha value is -3.28. The summed E-state index contributed by atoms with van der Waals surface area (Å²) in [6.07, 6.45) is 0.